The van der Waals surface area contributed by atoms with Crippen molar-refractivity contribution in [3.63, 3.8) is 0 Å². The maximum absolute atomic E-state index is 9.10. The van der Waals surface area contributed by atoms with Crippen LogP contribution in [-0.4, -0.2) is 53.7 Å². The first-order valence-corrected chi connectivity index (χ1v) is 6.61. The second kappa shape index (κ2) is 5.52. The Balaban J connectivity index is 2.18. The molecular weight excluding hydrogens is 240 g/mol. The fourth-order valence-electron chi connectivity index (χ4n) is 1.72. The number of aliphatic hydroxyl groups is 1. The predicted octanol–water partition coefficient (Wildman–Crippen LogP) is -0.0218. The summed E-state index contributed by atoms with van der Waals surface area (Å²) < 4.78 is 5.39. The van der Waals surface area contributed by atoms with E-state index in [9.17, 15) is 0 Å². The van der Waals surface area contributed by atoms with Crippen LogP contribution in [0.1, 0.15) is 0 Å². The van der Waals surface area contributed by atoms with E-state index < -0.39 is 0 Å². The molecule has 1 aromatic rings. The van der Waals surface area contributed by atoms with Gasteiger partial charge in [-0.15, -0.1) is 0 Å². The van der Waals surface area contributed by atoms with Gasteiger partial charge < -0.3 is 20.5 Å². The minimum Gasteiger partial charge on any atom is -0.394 e. The second-order valence-corrected chi connectivity index (χ2v) is 4.53. The summed E-state index contributed by atoms with van der Waals surface area (Å²) in [6.45, 7) is 1.98. The number of hydrogen-bond acceptors (Lipinski definition) is 7. The molecule has 7 heteroatoms. The summed E-state index contributed by atoms with van der Waals surface area (Å²) in [4.78, 5) is 10.6. The van der Waals surface area contributed by atoms with Crippen LogP contribution in [-0.2, 0) is 4.74 Å². The molecule has 2 rings (SSSR count). The van der Waals surface area contributed by atoms with Gasteiger partial charge in [0.15, 0.2) is 5.16 Å². The van der Waals surface area contributed by atoms with E-state index in [0.717, 1.165) is 12.4 Å². The Morgan fingerprint density at radius 2 is 2.47 bits per heavy atom. The lowest BCUT2D eigenvalue weighted by Crippen LogP contribution is -2.44. The molecule has 0 bridgehead atoms. The Hall–Kier alpha value is -1.05. The quantitative estimate of drug-likeness (QED) is 0.580. The third-order valence-electron chi connectivity index (χ3n) is 2.56. The SMILES string of the molecule is CSc1nc(N)cc(N2CCOC(CO)C2)n1. The van der Waals surface area contributed by atoms with Crippen LogP contribution in [0.3, 0.4) is 0 Å². The van der Waals surface area contributed by atoms with Gasteiger partial charge in [0.05, 0.1) is 19.3 Å². The van der Waals surface area contributed by atoms with Gasteiger partial charge in [0.1, 0.15) is 11.6 Å². The number of nitrogens with two attached hydrogens (primary N) is 1. The molecule has 0 radical (unpaired) electrons. The topological polar surface area (TPSA) is 84.5 Å². The van der Waals surface area contributed by atoms with Crippen molar-refractivity contribution in [1.29, 1.82) is 0 Å². The summed E-state index contributed by atoms with van der Waals surface area (Å²) >= 11 is 1.46. The molecule has 1 unspecified atom stereocenters. The Labute approximate surface area is 104 Å². The molecule has 1 aromatic heterocycles. The Bertz CT molecular complexity index is 391. The van der Waals surface area contributed by atoms with Crippen LogP contribution in [0.4, 0.5) is 11.6 Å². The van der Waals surface area contributed by atoms with Gasteiger partial charge in [-0.1, -0.05) is 11.8 Å². The second-order valence-electron chi connectivity index (χ2n) is 3.76. The van der Waals surface area contributed by atoms with E-state index in [-0.39, 0.29) is 12.7 Å². The zero-order valence-corrected chi connectivity index (χ0v) is 10.5. The van der Waals surface area contributed by atoms with Crippen molar-refractivity contribution >= 4 is 23.4 Å². The minimum absolute atomic E-state index is 0.0203. The van der Waals surface area contributed by atoms with Gasteiger partial charge in [-0.3, -0.25) is 0 Å². The highest BCUT2D eigenvalue weighted by molar-refractivity contribution is 7.98. The van der Waals surface area contributed by atoms with Crippen LogP contribution in [0.5, 0.6) is 0 Å². The number of nitrogen functional groups attached to an aromatic ring is 1. The Morgan fingerprint density at radius 3 is 3.18 bits per heavy atom. The van der Waals surface area contributed by atoms with E-state index in [1.54, 1.807) is 6.07 Å². The molecule has 1 aliphatic rings. The monoisotopic (exact) mass is 256 g/mol. The number of nitrogens with zero attached hydrogens (tertiary/aromatic N) is 3. The Morgan fingerprint density at radius 1 is 1.65 bits per heavy atom. The molecule has 0 spiro atoms. The fourth-order valence-corrected chi connectivity index (χ4v) is 2.10. The maximum atomic E-state index is 9.10. The first-order chi connectivity index (χ1) is 8.22. The molecule has 1 saturated heterocycles. The molecule has 1 atom stereocenters. The molecule has 1 aliphatic heterocycles. The first-order valence-electron chi connectivity index (χ1n) is 5.39. The number of hydrogen-bond donors (Lipinski definition) is 2. The summed E-state index contributed by atoms with van der Waals surface area (Å²) in [5.74, 6) is 1.26. The number of anilines is 2. The average molecular weight is 256 g/mol. The van der Waals surface area contributed by atoms with Crippen LogP contribution in [0.25, 0.3) is 0 Å². The summed E-state index contributed by atoms with van der Waals surface area (Å²) in [7, 11) is 0. The largest absolute Gasteiger partial charge is 0.394 e. The fraction of sp³-hybridized carbons (Fsp3) is 0.600. The lowest BCUT2D eigenvalue weighted by molar-refractivity contribution is 0.00333. The number of rotatable bonds is 3. The van der Waals surface area contributed by atoms with Gasteiger partial charge in [-0.25, -0.2) is 9.97 Å². The van der Waals surface area contributed by atoms with Crippen molar-refractivity contribution in [2.45, 2.75) is 11.3 Å². The molecule has 6 nitrogen and oxygen atoms in total. The molecule has 0 amide bonds. The predicted molar refractivity (Wildman–Crippen MR) is 67.3 cm³/mol. The van der Waals surface area contributed by atoms with E-state index in [1.165, 1.54) is 11.8 Å². The van der Waals surface area contributed by atoms with Crippen molar-refractivity contribution in [3.8, 4) is 0 Å². The number of morpholine rings is 1. The molecule has 1 fully saturated rings. The first kappa shape index (κ1) is 12.4. The van der Waals surface area contributed by atoms with E-state index in [4.69, 9.17) is 15.6 Å². The molecule has 17 heavy (non-hydrogen) atoms. The smallest absolute Gasteiger partial charge is 0.191 e. The average Bonchev–Trinajstić information content (AvgIpc) is 2.38. The highest BCUT2D eigenvalue weighted by Gasteiger charge is 2.21. The highest BCUT2D eigenvalue weighted by Crippen LogP contribution is 2.20. The zero-order chi connectivity index (χ0) is 12.3. The van der Waals surface area contributed by atoms with Crippen LogP contribution in [0, 0.1) is 0 Å². The van der Waals surface area contributed by atoms with Crippen LogP contribution >= 0.6 is 11.8 Å². The van der Waals surface area contributed by atoms with E-state index in [1.807, 2.05) is 6.26 Å². The van der Waals surface area contributed by atoms with Gasteiger partial charge in [0.25, 0.3) is 0 Å². The molecular formula is C10H16N4O2S. The summed E-state index contributed by atoms with van der Waals surface area (Å²) in [5, 5.41) is 9.76. The van der Waals surface area contributed by atoms with Crippen molar-refractivity contribution in [1.82, 2.24) is 9.97 Å². The molecule has 94 valence electrons. The molecule has 0 aromatic carbocycles. The van der Waals surface area contributed by atoms with Crippen LogP contribution in [0.15, 0.2) is 11.2 Å². The van der Waals surface area contributed by atoms with Crippen LogP contribution < -0.4 is 10.6 Å². The normalized spacial score (nSPS) is 20.6. The van der Waals surface area contributed by atoms with Crippen molar-refractivity contribution in [3.05, 3.63) is 6.07 Å². The molecule has 0 saturated carbocycles. The highest BCUT2D eigenvalue weighted by atomic mass is 32.2. The standard InChI is InChI=1S/C10H16N4O2S/c1-17-10-12-8(11)4-9(13-10)14-2-3-16-7(5-14)6-15/h4,7,15H,2-3,5-6H2,1H3,(H2,11,12,13). The van der Waals surface area contributed by atoms with Gasteiger partial charge >= 0.3 is 0 Å². The third kappa shape index (κ3) is 2.99. The minimum atomic E-state index is -0.155. The van der Waals surface area contributed by atoms with E-state index in [0.29, 0.717) is 24.1 Å². The van der Waals surface area contributed by atoms with Gasteiger partial charge in [0.2, 0.25) is 0 Å². The summed E-state index contributed by atoms with van der Waals surface area (Å²) in [6, 6.07) is 1.75. The number of aromatic nitrogens is 2. The van der Waals surface area contributed by atoms with Gasteiger partial charge in [-0.2, -0.15) is 0 Å². The third-order valence-corrected chi connectivity index (χ3v) is 3.11. The zero-order valence-electron chi connectivity index (χ0n) is 9.67. The van der Waals surface area contributed by atoms with Crippen molar-refractivity contribution < 1.29 is 9.84 Å². The summed E-state index contributed by atoms with van der Waals surface area (Å²) in [5.41, 5.74) is 5.74. The van der Waals surface area contributed by atoms with Gasteiger partial charge in [0, 0.05) is 19.2 Å². The molecule has 3 N–H and O–H groups in total. The maximum Gasteiger partial charge on any atom is 0.191 e. The molecule has 2 heterocycles. The Kier molecular flexibility index (Phi) is 4.03. The number of aliphatic hydroxyl groups excluding tert-OH is 1. The van der Waals surface area contributed by atoms with Crippen LogP contribution in [0.2, 0.25) is 0 Å². The lowest BCUT2D eigenvalue weighted by Gasteiger charge is -2.32. The van der Waals surface area contributed by atoms with E-state index in [2.05, 4.69) is 14.9 Å². The van der Waals surface area contributed by atoms with Gasteiger partial charge in [-0.05, 0) is 6.26 Å². The molecule has 0 aliphatic carbocycles. The van der Waals surface area contributed by atoms with Crippen molar-refractivity contribution in [2.24, 2.45) is 0 Å². The van der Waals surface area contributed by atoms with Crippen molar-refractivity contribution in [2.75, 3.05) is 43.2 Å². The lowest BCUT2D eigenvalue weighted by atomic mass is 10.3. The number of ether oxygens (including phenoxy) is 1. The van der Waals surface area contributed by atoms with E-state index >= 15 is 0 Å². The number of thioether (sulfide) groups is 1. The summed E-state index contributed by atoms with van der Waals surface area (Å²) in [6.07, 6.45) is 1.76.